The molecule has 1 aliphatic heterocycles. The van der Waals surface area contributed by atoms with Gasteiger partial charge >= 0.3 is 0 Å². The summed E-state index contributed by atoms with van der Waals surface area (Å²) in [5.74, 6) is 0.782. The normalized spacial score (nSPS) is 21.9. The van der Waals surface area contributed by atoms with Crippen molar-refractivity contribution >= 4 is 33.1 Å². The number of nitrogens with one attached hydrogen (secondary N) is 2. The zero-order valence-electron chi connectivity index (χ0n) is 15.3. The Bertz CT molecular complexity index is 1050. The number of hydrogen-bond donors (Lipinski definition) is 2. The standard InChI is InChI=1S/C21H23N3OS/c1-11-8-9-14-16(10-11)26-21-18(14)20(25)22-19(23-21)17-12(2)24(3)15-7-5-4-6-13(15)17/h4-7,11,19,23H,8-10H2,1-3H3,(H,22,25)/t11-,19+/m1/s1. The van der Waals surface area contributed by atoms with Crippen molar-refractivity contribution in [2.75, 3.05) is 5.32 Å². The molecule has 2 aliphatic rings. The molecule has 2 N–H and O–H groups in total. The average Bonchev–Trinajstić information content (AvgIpc) is 3.10. The molecule has 1 aliphatic carbocycles. The van der Waals surface area contributed by atoms with E-state index in [1.165, 1.54) is 39.0 Å². The third-order valence-electron chi connectivity index (χ3n) is 6.03. The number of aryl methyl sites for hydroxylation is 1. The summed E-state index contributed by atoms with van der Waals surface area (Å²) in [4.78, 5) is 14.4. The molecule has 5 heteroatoms. The van der Waals surface area contributed by atoms with Gasteiger partial charge in [-0.15, -0.1) is 11.3 Å². The van der Waals surface area contributed by atoms with Gasteiger partial charge in [-0.3, -0.25) is 4.79 Å². The first kappa shape index (κ1) is 15.9. The van der Waals surface area contributed by atoms with Gasteiger partial charge in [-0.1, -0.05) is 25.1 Å². The van der Waals surface area contributed by atoms with Crippen LogP contribution in [-0.4, -0.2) is 10.5 Å². The fourth-order valence-corrected chi connectivity index (χ4v) is 5.96. The van der Waals surface area contributed by atoms with E-state index in [-0.39, 0.29) is 12.1 Å². The summed E-state index contributed by atoms with van der Waals surface area (Å²) in [6, 6.07) is 8.40. The molecular weight excluding hydrogens is 342 g/mol. The molecule has 0 spiro atoms. The predicted molar refractivity (Wildman–Crippen MR) is 107 cm³/mol. The van der Waals surface area contributed by atoms with Gasteiger partial charge in [-0.05, 0) is 43.7 Å². The maximum Gasteiger partial charge on any atom is 0.256 e. The van der Waals surface area contributed by atoms with E-state index in [2.05, 4.69) is 60.4 Å². The molecule has 2 atom stereocenters. The van der Waals surface area contributed by atoms with Gasteiger partial charge in [0, 0.05) is 34.1 Å². The van der Waals surface area contributed by atoms with Gasteiger partial charge in [-0.25, -0.2) is 0 Å². The number of anilines is 1. The molecule has 134 valence electrons. The SMILES string of the molecule is Cc1c([C@H]2NC(=O)c3c(sc4c3CC[C@@H](C)C4)N2)c2ccccc2n1C. The fraction of sp³-hybridized carbons (Fsp3) is 0.381. The van der Waals surface area contributed by atoms with Crippen molar-refractivity contribution in [3.8, 4) is 0 Å². The van der Waals surface area contributed by atoms with Crippen molar-refractivity contribution in [2.45, 2.75) is 39.3 Å². The van der Waals surface area contributed by atoms with Crippen LogP contribution < -0.4 is 10.6 Å². The Morgan fingerprint density at radius 1 is 1.23 bits per heavy atom. The van der Waals surface area contributed by atoms with Crippen molar-refractivity contribution in [3.05, 3.63) is 51.5 Å². The van der Waals surface area contributed by atoms with E-state index >= 15 is 0 Å². The van der Waals surface area contributed by atoms with Crippen LogP contribution in [0.15, 0.2) is 24.3 Å². The maximum atomic E-state index is 13.0. The minimum Gasteiger partial charge on any atom is -0.353 e. The van der Waals surface area contributed by atoms with E-state index in [9.17, 15) is 4.79 Å². The Labute approximate surface area is 157 Å². The molecule has 3 aromatic rings. The van der Waals surface area contributed by atoms with Crippen molar-refractivity contribution in [2.24, 2.45) is 13.0 Å². The minimum atomic E-state index is -0.182. The van der Waals surface area contributed by atoms with Crippen molar-refractivity contribution < 1.29 is 4.79 Å². The monoisotopic (exact) mass is 365 g/mol. The second kappa shape index (κ2) is 5.61. The lowest BCUT2D eigenvalue weighted by atomic mass is 9.88. The predicted octanol–water partition coefficient (Wildman–Crippen LogP) is 4.53. The molecule has 1 aromatic carbocycles. The van der Waals surface area contributed by atoms with E-state index < -0.39 is 0 Å². The van der Waals surface area contributed by atoms with E-state index in [1.807, 2.05) is 0 Å². The number of thiophene rings is 1. The Morgan fingerprint density at radius 3 is 2.88 bits per heavy atom. The molecule has 0 bridgehead atoms. The molecular formula is C21H23N3OS. The highest BCUT2D eigenvalue weighted by atomic mass is 32.1. The first-order valence-corrected chi connectivity index (χ1v) is 10.1. The Balaban J connectivity index is 1.61. The summed E-state index contributed by atoms with van der Waals surface area (Å²) in [7, 11) is 2.09. The molecule has 0 saturated carbocycles. The van der Waals surface area contributed by atoms with E-state index in [1.54, 1.807) is 11.3 Å². The summed E-state index contributed by atoms with van der Waals surface area (Å²) in [6.45, 7) is 4.43. The molecule has 4 nitrogen and oxygen atoms in total. The van der Waals surface area contributed by atoms with Crippen LogP contribution in [0, 0.1) is 12.8 Å². The second-order valence-corrected chi connectivity index (χ2v) is 8.79. The van der Waals surface area contributed by atoms with Gasteiger partial charge in [0.25, 0.3) is 5.91 Å². The molecule has 5 rings (SSSR count). The van der Waals surface area contributed by atoms with Gasteiger partial charge in [0.05, 0.1) is 5.56 Å². The Kier molecular flexibility index (Phi) is 3.44. The second-order valence-electron chi connectivity index (χ2n) is 7.68. The number of aromatic nitrogens is 1. The van der Waals surface area contributed by atoms with Gasteiger partial charge < -0.3 is 15.2 Å². The zero-order valence-corrected chi connectivity index (χ0v) is 16.2. The van der Waals surface area contributed by atoms with Gasteiger partial charge in [0.2, 0.25) is 0 Å². The van der Waals surface area contributed by atoms with Crippen LogP contribution in [0.4, 0.5) is 5.00 Å². The third kappa shape index (κ3) is 2.16. The van der Waals surface area contributed by atoms with Crippen molar-refractivity contribution in [1.82, 2.24) is 9.88 Å². The number of amides is 1. The molecule has 0 saturated heterocycles. The Morgan fingerprint density at radius 2 is 2.04 bits per heavy atom. The lowest BCUT2D eigenvalue weighted by molar-refractivity contribution is 0.0935. The van der Waals surface area contributed by atoms with Crippen LogP contribution in [-0.2, 0) is 19.9 Å². The van der Waals surface area contributed by atoms with Gasteiger partial charge in [-0.2, -0.15) is 0 Å². The number of benzene rings is 1. The lowest BCUT2D eigenvalue weighted by Gasteiger charge is -2.27. The first-order chi connectivity index (χ1) is 12.5. The zero-order chi connectivity index (χ0) is 18.0. The van der Waals surface area contributed by atoms with Crippen LogP contribution in [0.1, 0.15) is 51.6 Å². The largest absolute Gasteiger partial charge is 0.353 e. The van der Waals surface area contributed by atoms with Crippen LogP contribution >= 0.6 is 11.3 Å². The number of carbonyl (C=O) groups is 1. The van der Waals surface area contributed by atoms with Crippen molar-refractivity contribution in [3.63, 3.8) is 0 Å². The number of hydrogen-bond acceptors (Lipinski definition) is 3. The van der Waals surface area contributed by atoms with Crippen LogP contribution in [0.3, 0.4) is 0 Å². The highest BCUT2D eigenvalue weighted by Gasteiger charge is 2.34. The number of nitrogens with zero attached hydrogens (tertiary/aromatic N) is 1. The number of para-hydroxylation sites is 1. The van der Waals surface area contributed by atoms with E-state index in [0.717, 1.165) is 23.4 Å². The summed E-state index contributed by atoms with van der Waals surface area (Å²) in [6.07, 6.45) is 3.11. The number of rotatable bonds is 1. The maximum absolute atomic E-state index is 13.0. The highest BCUT2D eigenvalue weighted by molar-refractivity contribution is 7.16. The summed E-state index contributed by atoms with van der Waals surface area (Å²) >= 11 is 1.78. The van der Waals surface area contributed by atoms with Crippen LogP contribution in [0.2, 0.25) is 0 Å². The van der Waals surface area contributed by atoms with E-state index in [0.29, 0.717) is 5.92 Å². The van der Waals surface area contributed by atoms with Gasteiger partial charge in [0.15, 0.2) is 0 Å². The average molecular weight is 366 g/mol. The van der Waals surface area contributed by atoms with Crippen LogP contribution in [0.5, 0.6) is 0 Å². The van der Waals surface area contributed by atoms with Gasteiger partial charge in [0.1, 0.15) is 11.2 Å². The molecule has 0 fully saturated rings. The Hall–Kier alpha value is -2.27. The summed E-state index contributed by atoms with van der Waals surface area (Å²) in [5, 5.41) is 9.11. The molecule has 0 unspecified atom stereocenters. The molecule has 2 aromatic heterocycles. The quantitative estimate of drug-likeness (QED) is 0.666. The topological polar surface area (TPSA) is 46.1 Å². The van der Waals surface area contributed by atoms with Crippen LogP contribution in [0.25, 0.3) is 10.9 Å². The number of carbonyl (C=O) groups excluding carboxylic acids is 1. The smallest absolute Gasteiger partial charge is 0.256 e. The lowest BCUT2D eigenvalue weighted by Crippen LogP contribution is -2.38. The van der Waals surface area contributed by atoms with Crippen molar-refractivity contribution in [1.29, 1.82) is 0 Å². The first-order valence-electron chi connectivity index (χ1n) is 9.30. The molecule has 3 heterocycles. The molecule has 1 amide bonds. The number of fused-ring (bicyclic) bond motifs is 4. The minimum absolute atomic E-state index is 0.0723. The highest BCUT2D eigenvalue weighted by Crippen LogP contribution is 2.43. The third-order valence-corrected chi connectivity index (χ3v) is 7.21. The van der Waals surface area contributed by atoms with E-state index in [4.69, 9.17) is 0 Å². The summed E-state index contributed by atoms with van der Waals surface area (Å²) < 4.78 is 2.20. The summed E-state index contributed by atoms with van der Waals surface area (Å²) in [5.41, 5.74) is 5.72. The molecule has 26 heavy (non-hydrogen) atoms. The molecule has 0 radical (unpaired) electrons. The fourth-order valence-electron chi connectivity index (χ4n) is 4.52.